The molecule has 1 fully saturated rings. The fourth-order valence-corrected chi connectivity index (χ4v) is 3.85. The normalized spacial score (nSPS) is 19.1. The van der Waals surface area contributed by atoms with Crippen LogP contribution in [-0.4, -0.2) is 60.1 Å². The van der Waals surface area contributed by atoms with Crippen LogP contribution in [0.2, 0.25) is 0 Å². The Morgan fingerprint density at radius 1 is 1.19 bits per heavy atom. The first-order chi connectivity index (χ1) is 13.1. The van der Waals surface area contributed by atoms with Crippen LogP contribution in [0.3, 0.4) is 0 Å². The molecule has 0 atom stereocenters. The smallest absolute Gasteiger partial charge is 0.255 e. The van der Waals surface area contributed by atoms with Crippen molar-refractivity contribution in [1.29, 1.82) is 0 Å². The number of piperidine rings is 1. The summed E-state index contributed by atoms with van der Waals surface area (Å²) < 4.78 is 11.6. The second kappa shape index (κ2) is 7.19. The topological polar surface area (TPSA) is 54.9 Å². The third-order valence-corrected chi connectivity index (χ3v) is 5.52. The van der Waals surface area contributed by atoms with Gasteiger partial charge in [-0.05, 0) is 19.2 Å². The molecule has 142 valence electrons. The van der Waals surface area contributed by atoms with Crippen LogP contribution in [0.1, 0.15) is 28.8 Å². The predicted molar refractivity (Wildman–Crippen MR) is 102 cm³/mol. The summed E-state index contributed by atoms with van der Waals surface area (Å²) in [4.78, 5) is 21.6. The molecule has 4 rings (SSSR count). The lowest BCUT2D eigenvalue weighted by Crippen LogP contribution is -2.53. The molecule has 0 radical (unpaired) electrons. The zero-order chi connectivity index (χ0) is 18.9. The average molecular weight is 367 g/mol. The Bertz CT molecular complexity index is 814. The first-order valence-electron chi connectivity index (χ1n) is 9.33. The van der Waals surface area contributed by atoms with Crippen LogP contribution in [0.4, 0.5) is 0 Å². The Hall–Kier alpha value is -2.60. The highest BCUT2D eigenvalue weighted by atomic mass is 16.5. The number of hydrogen-bond donors (Lipinski definition) is 0. The van der Waals surface area contributed by atoms with Gasteiger partial charge in [-0.15, -0.1) is 0 Å². The molecule has 0 N–H and O–H groups in total. The number of aromatic nitrogens is 1. The van der Waals surface area contributed by atoms with Gasteiger partial charge in [-0.2, -0.15) is 0 Å². The lowest BCUT2D eigenvalue weighted by atomic mass is 9.90. The minimum Gasteiger partial charge on any atom is -0.485 e. The fourth-order valence-electron chi connectivity index (χ4n) is 3.85. The Morgan fingerprint density at radius 2 is 1.96 bits per heavy atom. The molecule has 6 heteroatoms. The van der Waals surface area contributed by atoms with Gasteiger partial charge in [0.15, 0.2) is 0 Å². The molecule has 27 heavy (non-hydrogen) atoms. The van der Waals surface area contributed by atoms with Gasteiger partial charge in [-0.1, -0.05) is 18.2 Å². The van der Waals surface area contributed by atoms with Crippen molar-refractivity contribution in [3.05, 3.63) is 53.7 Å². The van der Waals surface area contributed by atoms with Gasteiger partial charge in [0.2, 0.25) is 5.88 Å². The summed E-state index contributed by atoms with van der Waals surface area (Å²) in [5, 5.41) is 0. The summed E-state index contributed by atoms with van der Waals surface area (Å²) in [6.07, 6.45) is 3.39. The number of carbonyl (C=O) groups is 1. The molecule has 0 aliphatic carbocycles. The van der Waals surface area contributed by atoms with Gasteiger partial charge in [0.05, 0.1) is 19.2 Å². The molecule has 3 heterocycles. The van der Waals surface area contributed by atoms with Crippen LogP contribution >= 0.6 is 0 Å². The number of ether oxygens (including phenoxy) is 2. The molecule has 1 amide bonds. The maximum absolute atomic E-state index is 13.2. The second-order valence-electron chi connectivity index (χ2n) is 7.45. The van der Waals surface area contributed by atoms with Gasteiger partial charge >= 0.3 is 0 Å². The lowest BCUT2D eigenvalue weighted by Gasteiger charge is -2.41. The van der Waals surface area contributed by atoms with Crippen molar-refractivity contribution in [3.8, 4) is 11.6 Å². The predicted octanol–water partition coefficient (Wildman–Crippen LogP) is 2.59. The summed E-state index contributed by atoms with van der Waals surface area (Å²) in [7, 11) is 3.69. The Kier molecular flexibility index (Phi) is 4.74. The number of nitrogens with zero attached hydrogens (tertiary/aromatic N) is 3. The van der Waals surface area contributed by atoms with E-state index in [1.54, 1.807) is 25.4 Å². The van der Waals surface area contributed by atoms with Crippen LogP contribution in [0.15, 0.2) is 42.6 Å². The highest BCUT2D eigenvalue weighted by Gasteiger charge is 2.41. The van der Waals surface area contributed by atoms with E-state index in [2.05, 4.69) is 16.9 Å². The van der Waals surface area contributed by atoms with Crippen molar-refractivity contribution < 1.29 is 14.3 Å². The van der Waals surface area contributed by atoms with Gasteiger partial charge in [0, 0.05) is 50.3 Å². The van der Waals surface area contributed by atoms with E-state index in [0.29, 0.717) is 24.5 Å². The van der Waals surface area contributed by atoms with Gasteiger partial charge in [0.1, 0.15) is 11.4 Å². The van der Waals surface area contributed by atoms with Crippen molar-refractivity contribution in [2.24, 2.45) is 0 Å². The summed E-state index contributed by atoms with van der Waals surface area (Å²) in [6.45, 7) is 3.06. The number of rotatable bonds is 2. The van der Waals surface area contributed by atoms with Crippen molar-refractivity contribution in [2.45, 2.75) is 25.0 Å². The Balaban J connectivity index is 1.65. The number of benzene rings is 1. The highest BCUT2D eigenvalue weighted by molar-refractivity contribution is 5.94. The van der Waals surface area contributed by atoms with Crippen LogP contribution < -0.4 is 9.47 Å². The minimum atomic E-state index is -0.339. The number of hydrogen-bond acceptors (Lipinski definition) is 5. The second-order valence-corrected chi connectivity index (χ2v) is 7.45. The van der Waals surface area contributed by atoms with E-state index in [1.165, 1.54) is 0 Å². The van der Waals surface area contributed by atoms with Crippen LogP contribution in [-0.2, 0) is 6.54 Å². The fraction of sp³-hybridized carbons (Fsp3) is 0.429. The van der Waals surface area contributed by atoms with Crippen LogP contribution in [0.25, 0.3) is 0 Å². The summed E-state index contributed by atoms with van der Waals surface area (Å²) in [5.41, 5.74) is 1.27. The minimum absolute atomic E-state index is 0.0243. The van der Waals surface area contributed by atoms with Crippen molar-refractivity contribution in [2.75, 3.05) is 33.8 Å². The van der Waals surface area contributed by atoms with Gasteiger partial charge in [0.25, 0.3) is 5.91 Å². The lowest BCUT2D eigenvalue weighted by molar-refractivity contribution is -0.0103. The molecule has 6 nitrogen and oxygen atoms in total. The Morgan fingerprint density at radius 3 is 2.67 bits per heavy atom. The van der Waals surface area contributed by atoms with E-state index >= 15 is 0 Å². The molecule has 2 aliphatic heterocycles. The van der Waals surface area contributed by atoms with E-state index in [9.17, 15) is 4.79 Å². The number of pyridine rings is 1. The van der Waals surface area contributed by atoms with Gasteiger partial charge in [-0.25, -0.2) is 4.98 Å². The number of methoxy groups -OCH3 is 1. The van der Waals surface area contributed by atoms with Gasteiger partial charge in [-0.3, -0.25) is 4.79 Å². The molecule has 1 spiro atoms. The van der Waals surface area contributed by atoms with E-state index < -0.39 is 0 Å². The third kappa shape index (κ3) is 3.62. The number of fused-ring (bicyclic) bond motifs is 1. The molecule has 0 saturated carbocycles. The highest BCUT2D eigenvalue weighted by Crippen LogP contribution is 2.35. The molecule has 1 saturated heterocycles. The largest absolute Gasteiger partial charge is 0.485 e. The first kappa shape index (κ1) is 17.8. The number of para-hydroxylation sites is 1. The third-order valence-electron chi connectivity index (χ3n) is 5.52. The van der Waals surface area contributed by atoms with E-state index in [4.69, 9.17) is 9.47 Å². The van der Waals surface area contributed by atoms with Crippen LogP contribution in [0.5, 0.6) is 11.6 Å². The van der Waals surface area contributed by atoms with E-state index in [-0.39, 0.29) is 11.5 Å². The zero-order valence-corrected chi connectivity index (χ0v) is 15.9. The maximum Gasteiger partial charge on any atom is 0.255 e. The average Bonchev–Trinajstić information content (AvgIpc) is 2.86. The number of carbonyl (C=O) groups excluding carboxylic acids is 1. The van der Waals surface area contributed by atoms with Crippen molar-refractivity contribution in [3.63, 3.8) is 0 Å². The SMILES string of the molecule is COc1ccc(C(=O)N2Cc3ccccc3OC3(CCN(C)CC3)C2)cn1. The summed E-state index contributed by atoms with van der Waals surface area (Å²) in [6, 6.07) is 11.5. The Labute approximate surface area is 159 Å². The summed E-state index contributed by atoms with van der Waals surface area (Å²) in [5.74, 6) is 1.37. The van der Waals surface area contributed by atoms with Gasteiger partial charge < -0.3 is 19.3 Å². The van der Waals surface area contributed by atoms with Crippen molar-refractivity contribution in [1.82, 2.24) is 14.8 Å². The van der Waals surface area contributed by atoms with Crippen LogP contribution in [0, 0.1) is 0 Å². The van der Waals surface area contributed by atoms with E-state index in [0.717, 1.165) is 37.2 Å². The monoisotopic (exact) mass is 367 g/mol. The number of likely N-dealkylation sites (tertiary alicyclic amines) is 1. The molecule has 2 aromatic rings. The number of amides is 1. The molecular formula is C21H25N3O3. The summed E-state index contributed by atoms with van der Waals surface area (Å²) >= 11 is 0. The quantitative estimate of drug-likeness (QED) is 0.817. The molecule has 1 aromatic carbocycles. The molecule has 2 aliphatic rings. The molecule has 0 unspecified atom stereocenters. The first-order valence-corrected chi connectivity index (χ1v) is 9.33. The zero-order valence-electron chi connectivity index (χ0n) is 15.9. The van der Waals surface area contributed by atoms with E-state index in [1.807, 2.05) is 29.2 Å². The molecular weight excluding hydrogens is 342 g/mol. The maximum atomic E-state index is 13.2. The van der Waals surface area contributed by atoms with Crippen molar-refractivity contribution >= 4 is 5.91 Å². The molecule has 1 aromatic heterocycles. The molecule has 0 bridgehead atoms. The standard InChI is InChI=1S/C21H25N3O3/c1-23-11-9-21(10-12-23)15-24(14-17-5-3-4-6-18(17)27-21)20(25)16-7-8-19(26-2)22-13-16/h3-8,13H,9-12,14-15H2,1-2H3.